The summed E-state index contributed by atoms with van der Waals surface area (Å²) in [5.74, 6) is 0.712. The van der Waals surface area contributed by atoms with Crippen molar-refractivity contribution in [1.29, 1.82) is 0 Å². The minimum atomic E-state index is -0.477. The van der Waals surface area contributed by atoms with Gasteiger partial charge in [0.1, 0.15) is 11.5 Å². The zero-order valence-electron chi connectivity index (χ0n) is 19.1. The number of fused-ring (bicyclic) bond motifs is 1. The van der Waals surface area contributed by atoms with E-state index in [2.05, 4.69) is 81.3 Å². The SMILES string of the molecule is CC(C)c1[nH]nc2ccc(-c3nc(Nc4ccc(CN5CCN(I)CC5)cn4)ncc3F)cc12. The van der Waals surface area contributed by atoms with Gasteiger partial charge in [0.2, 0.25) is 5.95 Å². The molecule has 2 N–H and O–H groups in total. The van der Waals surface area contributed by atoms with Crippen molar-refractivity contribution >= 4 is 45.5 Å². The Morgan fingerprint density at radius 1 is 1.09 bits per heavy atom. The van der Waals surface area contributed by atoms with Crippen molar-refractivity contribution in [3.05, 3.63) is 59.8 Å². The molecule has 1 aliphatic heterocycles. The fraction of sp³-hybridized carbons (Fsp3) is 0.333. The first-order valence-corrected chi connectivity index (χ1v) is 12.3. The van der Waals surface area contributed by atoms with E-state index in [4.69, 9.17) is 0 Å². The lowest BCUT2D eigenvalue weighted by Gasteiger charge is -2.31. The van der Waals surface area contributed by atoms with Gasteiger partial charge >= 0.3 is 0 Å². The van der Waals surface area contributed by atoms with Crippen LogP contribution >= 0.6 is 22.9 Å². The number of aromatic amines is 1. The molecule has 0 spiro atoms. The maximum atomic E-state index is 14.7. The highest BCUT2D eigenvalue weighted by atomic mass is 127. The van der Waals surface area contributed by atoms with Crippen LogP contribution in [0, 0.1) is 5.82 Å². The highest BCUT2D eigenvalue weighted by Gasteiger charge is 2.16. The van der Waals surface area contributed by atoms with E-state index in [0.29, 0.717) is 17.3 Å². The third kappa shape index (κ3) is 5.03. The van der Waals surface area contributed by atoms with Crippen molar-refractivity contribution in [3.63, 3.8) is 0 Å². The van der Waals surface area contributed by atoms with E-state index in [9.17, 15) is 4.39 Å². The van der Waals surface area contributed by atoms with Crippen LogP contribution in [0.15, 0.2) is 42.7 Å². The molecule has 1 fully saturated rings. The molecule has 0 atom stereocenters. The van der Waals surface area contributed by atoms with Crippen LogP contribution in [0.4, 0.5) is 16.2 Å². The molecule has 176 valence electrons. The molecule has 0 bridgehead atoms. The molecular weight excluding hydrogens is 546 g/mol. The summed E-state index contributed by atoms with van der Waals surface area (Å²) in [6.07, 6.45) is 3.05. The van der Waals surface area contributed by atoms with Crippen molar-refractivity contribution in [2.24, 2.45) is 0 Å². The first kappa shape index (κ1) is 23.1. The second-order valence-electron chi connectivity index (χ2n) is 8.78. The van der Waals surface area contributed by atoms with E-state index >= 15 is 0 Å². The number of hydrogen-bond donors (Lipinski definition) is 2. The number of piperazine rings is 1. The van der Waals surface area contributed by atoms with Gasteiger partial charge in [-0.05, 0) is 29.7 Å². The molecule has 0 amide bonds. The van der Waals surface area contributed by atoms with Gasteiger partial charge in [-0.1, -0.05) is 26.0 Å². The molecule has 4 heterocycles. The first-order chi connectivity index (χ1) is 16.5. The van der Waals surface area contributed by atoms with Crippen LogP contribution in [0.3, 0.4) is 0 Å². The molecule has 1 saturated heterocycles. The van der Waals surface area contributed by atoms with Gasteiger partial charge in [-0.25, -0.2) is 22.5 Å². The average Bonchev–Trinajstić information content (AvgIpc) is 3.27. The van der Waals surface area contributed by atoms with Crippen LogP contribution < -0.4 is 5.32 Å². The van der Waals surface area contributed by atoms with E-state index < -0.39 is 5.82 Å². The summed E-state index contributed by atoms with van der Waals surface area (Å²) in [5.41, 5.74) is 3.93. The summed E-state index contributed by atoms with van der Waals surface area (Å²) in [7, 11) is 0. The quantitative estimate of drug-likeness (QED) is 0.252. The highest BCUT2D eigenvalue weighted by molar-refractivity contribution is 14.1. The van der Waals surface area contributed by atoms with Gasteiger partial charge in [-0.2, -0.15) is 5.10 Å². The Morgan fingerprint density at radius 2 is 1.91 bits per heavy atom. The van der Waals surface area contributed by atoms with Crippen molar-refractivity contribution in [2.45, 2.75) is 26.3 Å². The van der Waals surface area contributed by atoms with Crippen LogP contribution in [-0.4, -0.2) is 59.3 Å². The van der Waals surface area contributed by atoms with E-state index in [1.54, 1.807) is 0 Å². The lowest BCUT2D eigenvalue weighted by molar-refractivity contribution is 0.198. The van der Waals surface area contributed by atoms with Crippen LogP contribution in [-0.2, 0) is 6.54 Å². The summed E-state index contributed by atoms with van der Waals surface area (Å²) in [6, 6.07) is 9.59. The van der Waals surface area contributed by atoms with E-state index in [0.717, 1.165) is 54.9 Å². The van der Waals surface area contributed by atoms with Crippen LogP contribution in [0.2, 0.25) is 0 Å². The average molecular weight is 572 g/mol. The molecule has 1 aromatic carbocycles. The first-order valence-electron chi connectivity index (χ1n) is 11.3. The molecular formula is C24H26FIN8. The number of H-pyrrole nitrogens is 1. The van der Waals surface area contributed by atoms with E-state index in [-0.39, 0.29) is 11.6 Å². The molecule has 0 unspecified atom stereocenters. The fourth-order valence-electron chi connectivity index (χ4n) is 4.09. The number of hydrogen-bond acceptors (Lipinski definition) is 7. The van der Waals surface area contributed by atoms with E-state index in [1.807, 2.05) is 30.5 Å². The molecule has 0 radical (unpaired) electrons. The van der Waals surface area contributed by atoms with Gasteiger partial charge in [0.15, 0.2) is 5.82 Å². The number of pyridine rings is 1. The van der Waals surface area contributed by atoms with Gasteiger partial charge < -0.3 is 5.32 Å². The maximum absolute atomic E-state index is 14.7. The van der Waals surface area contributed by atoms with Gasteiger partial charge in [0.25, 0.3) is 0 Å². The second-order valence-corrected chi connectivity index (χ2v) is 10.1. The molecule has 34 heavy (non-hydrogen) atoms. The molecule has 10 heteroatoms. The molecule has 4 aromatic rings. The Hall–Kier alpha value is -2.70. The Kier molecular flexibility index (Phi) is 6.70. The summed E-state index contributed by atoms with van der Waals surface area (Å²) in [5, 5.41) is 11.5. The molecule has 0 aliphatic carbocycles. The largest absolute Gasteiger partial charge is 0.309 e. The number of anilines is 2. The van der Waals surface area contributed by atoms with E-state index in [1.165, 1.54) is 6.20 Å². The van der Waals surface area contributed by atoms with Crippen LogP contribution in [0.5, 0.6) is 0 Å². The third-order valence-corrected chi connectivity index (χ3v) is 6.93. The third-order valence-electron chi connectivity index (χ3n) is 5.97. The standard InChI is InChI=1S/C24H26FIN8/c1-15(2)22-18-11-17(4-5-20(18)31-32-22)23-19(25)13-28-24(30-23)29-21-6-3-16(12-27-21)14-33-7-9-34(26)10-8-33/h3-6,11-13,15H,7-10,14H2,1-2H3,(H,31,32)(H,27,28,29,30). The predicted molar refractivity (Wildman–Crippen MR) is 140 cm³/mol. The Balaban J connectivity index is 1.33. The summed E-state index contributed by atoms with van der Waals surface area (Å²) >= 11 is 2.37. The Bertz CT molecular complexity index is 1280. The van der Waals surface area contributed by atoms with Crippen molar-refractivity contribution in [2.75, 3.05) is 31.5 Å². The minimum Gasteiger partial charge on any atom is -0.309 e. The van der Waals surface area contributed by atoms with Gasteiger partial charge in [0, 0.05) is 78.4 Å². The highest BCUT2D eigenvalue weighted by Crippen LogP contribution is 2.29. The Labute approximate surface area is 211 Å². The van der Waals surface area contributed by atoms with Crippen LogP contribution in [0.25, 0.3) is 22.2 Å². The summed E-state index contributed by atoms with van der Waals surface area (Å²) in [4.78, 5) is 15.5. The molecule has 3 aromatic heterocycles. The number of nitrogens with one attached hydrogen (secondary N) is 2. The number of aromatic nitrogens is 5. The molecule has 8 nitrogen and oxygen atoms in total. The smallest absolute Gasteiger partial charge is 0.229 e. The number of rotatable bonds is 6. The summed E-state index contributed by atoms with van der Waals surface area (Å²) < 4.78 is 17.0. The topological polar surface area (TPSA) is 85.9 Å². The fourth-order valence-corrected chi connectivity index (χ4v) is 4.52. The zero-order valence-corrected chi connectivity index (χ0v) is 21.3. The monoisotopic (exact) mass is 572 g/mol. The number of benzene rings is 1. The predicted octanol–water partition coefficient (Wildman–Crippen LogP) is 4.89. The lowest BCUT2D eigenvalue weighted by atomic mass is 10.0. The maximum Gasteiger partial charge on any atom is 0.229 e. The lowest BCUT2D eigenvalue weighted by Crippen LogP contribution is -2.41. The number of halogens is 2. The number of nitrogens with zero attached hydrogens (tertiary/aromatic N) is 6. The van der Waals surface area contributed by atoms with Crippen molar-refractivity contribution < 1.29 is 4.39 Å². The van der Waals surface area contributed by atoms with Gasteiger partial charge in [0.05, 0.1) is 11.7 Å². The Morgan fingerprint density at radius 3 is 2.65 bits per heavy atom. The van der Waals surface area contributed by atoms with Gasteiger partial charge in [-0.15, -0.1) is 0 Å². The normalized spacial score (nSPS) is 15.3. The van der Waals surface area contributed by atoms with Gasteiger partial charge in [-0.3, -0.25) is 10.00 Å². The zero-order chi connectivity index (χ0) is 23.7. The molecule has 1 aliphatic rings. The van der Waals surface area contributed by atoms with Crippen molar-refractivity contribution in [3.8, 4) is 11.3 Å². The minimum absolute atomic E-state index is 0.237. The van der Waals surface area contributed by atoms with Crippen molar-refractivity contribution in [1.82, 2.24) is 33.2 Å². The molecule has 0 saturated carbocycles. The summed E-state index contributed by atoms with van der Waals surface area (Å²) in [6.45, 7) is 9.32. The second kappa shape index (κ2) is 9.88. The molecule has 5 rings (SSSR count). The van der Waals surface area contributed by atoms with Crippen LogP contribution in [0.1, 0.15) is 31.0 Å².